The van der Waals surface area contributed by atoms with Crippen LogP contribution in [0.5, 0.6) is 0 Å². The van der Waals surface area contributed by atoms with Gasteiger partial charge in [0.05, 0.1) is 43.1 Å². The van der Waals surface area contributed by atoms with E-state index in [1.54, 1.807) is 46.9 Å². The van der Waals surface area contributed by atoms with Gasteiger partial charge in [0, 0.05) is 25.1 Å². The fraction of sp³-hybridized carbons (Fsp3) is 0.340. The second-order valence-corrected chi connectivity index (χ2v) is 16.3. The fourth-order valence-electron chi connectivity index (χ4n) is 6.07. The molecule has 0 amide bonds. The summed E-state index contributed by atoms with van der Waals surface area (Å²) in [5.41, 5.74) is 3.32. The molecule has 2 aromatic carbocycles. The molecule has 0 radical (unpaired) electrons. The van der Waals surface area contributed by atoms with Gasteiger partial charge < -0.3 is 18.9 Å². The van der Waals surface area contributed by atoms with Gasteiger partial charge in [-0.05, 0) is 155 Å². The minimum absolute atomic E-state index is 0.281. The van der Waals surface area contributed by atoms with E-state index in [0.29, 0.717) is 35.7 Å². The Balaban J connectivity index is 1.58. The fourth-order valence-corrected chi connectivity index (χ4v) is 8.15. The molecule has 4 rings (SSSR count). The number of carbonyl (C=O) groups excluding carboxylic acids is 3. The Morgan fingerprint density at radius 2 is 0.746 bits per heavy atom. The van der Waals surface area contributed by atoms with E-state index in [4.69, 9.17) is 18.9 Å². The molecular weight excluding hydrogens is 777 g/mol. The van der Waals surface area contributed by atoms with E-state index in [1.165, 1.54) is 0 Å². The van der Waals surface area contributed by atoms with Gasteiger partial charge in [-0.3, -0.25) is 0 Å². The third-order valence-electron chi connectivity index (χ3n) is 9.36. The van der Waals surface area contributed by atoms with Crippen LogP contribution in [0.25, 0.3) is 36.4 Å². The first-order valence-corrected chi connectivity index (χ1v) is 22.2. The number of rotatable bonds is 29. The third kappa shape index (κ3) is 15.5. The summed E-state index contributed by atoms with van der Waals surface area (Å²) in [6.07, 6.45) is 18.9. The van der Waals surface area contributed by atoms with Gasteiger partial charge >= 0.3 is 17.9 Å². The maximum absolute atomic E-state index is 13.3. The molecule has 0 unspecified atom stereocenters. The lowest BCUT2D eigenvalue weighted by molar-refractivity contribution is 0.0484. The monoisotopic (exact) mass is 834 g/mol. The number of thiophene rings is 2. The molecule has 0 spiro atoms. The molecule has 0 N–H and O–H groups in total. The van der Waals surface area contributed by atoms with Gasteiger partial charge in [0.1, 0.15) is 5.76 Å². The van der Waals surface area contributed by atoms with Crippen LogP contribution in [-0.4, -0.2) is 44.3 Å². The number of hydrogen-bond acceptors (Lipinski definition) is 9. The average molecular weight is 835 g/mol. The van der Waals surface area contributed by atoms with Crippen LogP contribution in [0.3, 0.4) is 0 Å². The molecule has 0 atom stereocenters. The zero-order valence-corrected chi connectivity index (χ0v) is 35.9. The summed E-state index contributed by atoms with van der Waals surface area (Å²) < 4.78 is 22.9. The summed E-state index contributed by atoms with van der Waals surface area (Å²) >= 11 is 3.16. The van der Waals surface area contributed by atoms with Gasteiger partial charge in [-0.15, -0.1) is 49.0 Å². The summed E-state index contributed by atoms with van der Waals surface area (Å²) in [6.45, 7) is 20.7. The SMILES string of the molecule is C=CCCCCCOC(=O)c1cc(C(=C)OCCCCC=C)cc(-c2ccc(-c3ccc(-c4cc(C(=O)OCCCCC=C)cc(C(=O)OCCCCC=C)c4)s3)s2)c1. The number of hydrogen-bond donors (Lipinski definition) is 0. The molecule has 312 valence electrons. The number of esters is 3. The Labute approximate surface area is 358 Å². The quantitative estimate of drug-likeness (QED) is 0.0177. The lowest BCUT2D eigenvalue weighted by Gasteiger charge is -2.13. The van der Waals surface area contributed by atoms with Crippen LogP contribution in [0, 0.1) is 0 Å². The van der Waals surface area contributed by atoms with E-state index in [0.717, 1.165) is 120 Å². The number of carbonyl (C=O) groups is 3. The minimum atomic E-state index is -0.486. The van der Waals surface area contributed by atoms with Crippen molar-refractivity contribution in [3.8, 4) is 30.6 Å². The maximum Gasteiger partial charge on any atom is 0.338 e. The predicted octanol–water partition coefficient (Wildman–Crippen LogP) is 14.1. The van der Waals surface area contributed by atoms with E-state index >= 15 is 0 Å². The number of ether oxygens (including phenoxy) is 4. The Kier molecular flexibility index (Phi) is 20.4. The highest BCUT2D eigenvalue weighted by Gasteiger charge is 2.19. The number of allylic oxidation sites excluding steroid dienone is 4. The Hall–Kier alpha value is -5.25. The molecular formula is C50H58O7S2. The summed E-state index contributed by atoms with van der Waals surface area (Å²) in [7, 11) is 0. The van der Waals surface area contributed by atoms with E-state index < -0.39 is 11.9 Å². The maximum atomic E-state index is 13.3. The lowest BCUT2D eigenvalue weighted by Crippen LogP contribution is -2.11. The van der Waals surface area contributed by atoms with Crippen LogP contribution in [0.2, 0.25) is 0 Å². The summed E-state index contributed by atoms with van der Waals surface area (Å²) in [5, 5.41) is 0. The average Bonchev–Trinajstić information content (AvgIpc) is 3.95. The van der Waals surface area contributed by atoms with Gasteiger partial charge in [0.2, 0.25) is 0 Å². The van der Waals surface area contributed by atoms with Crippen LogP contribution in [0.15, 0.2) is 118 Å². The molecule has 9 heteroatoms. The zero-order valence-electron chi connectivity index (χ0n) is 34.3. The van der Waals surface area contributed by atoms with Gasteiger partial charge in [-0.1, -0.05) is 30.9 Å². The molecule has 0 saturated carbocycles. The third-order valence-corrected chi connectivity index (χ3v) is 11.8. The van der Waals surface area contributed by atoms with Crippen molar-refractivity contribution < 1.29 is 33.3 Å². The second kappa shape index (κ2) is 26.0. The summed E-state index contributed by atoms with van der Waals surface area (Å²) in [5.74, 6) is -0.858. The molecule has 59 heavy (non-hydrogen) atoms. The normalized spacial score (nSPS) is 10.7. The van der Waals surface area contributed by atoms with Gasteiger partial charge in [0.15, 0.2) is 0 Å². The van der Waals surface area contributed by atoms with Crippen LogP contribution >= 0.6 is 22.7 Å². The predicted molar refractivity (Wildman–Crippen MR) is 245 cm³/mol. The Morgan fingerprint density at radius 1 is 0.424 bits per heavy atom. The molecule has 2 heterocycles. The lowest BCUT2D eigenvalue weighted by atomic mass is 10.0. The summed E-state index contributed by atoms with van der Waals surface area (Å²) in [6, 6.07) is 18.9. The van der Waals surface area contributed by atoms with Crippen molar-refractivity contribution in [3.63, 3.8) is 0 Å². The Bertz CT molecular complexity index is 1990. The van der Waals surface area contributed by atoms with Crippen molar-refractivity contribution in [3.05, 3.63) is 140 Å². The van der Waals surface area contributed by atoms with Gasteiger partial charge in [-0.25, -0.2) is 14.4 Å². The van der Waals surface area contributed by atoms with Crippen molar-refractivity contribution in [2.24, 2.45) is 0 Å². The molecule has 0 aliphatic heterocycles. The number of benzene rings is 2. The van der Waals surface area contributed by atoms with Crippen molar-refractivity contribution in [2.75, 3.05) is 26.4 Å². The molecule has 0 saturated heterocycles. The second-order valence-electron chi connectivity index (χ2n) is 14.1. The molecule has 0 bridgehead atoms. The molecule has 0 aliphatic rings. The molecule has 7 nitrogen and oxygen atoms in total. The first kappa shape index (κ1) is 46.4. The first-order valence-electron chi connectivity index (χ1n) is 20.6. The highest BCUT2D eigenvalue weighted by Crippen LogP contribution is 2.41. The van der Waals surface area contributed by atoms with Gasteiger partial charge in [0.25, 0.3) is 0 Å². The van der Waals surface area contributed by atoms with Crippen LogP contribution < -0.4 is 0 Å². The van der Waals surface area contributed by atoms with Crippen LogP contribution in [0.1, 0.15) is 120 Å². The van der Waals surface area contributed by atoms with Gasteiger partial charge in [-0.2, -0.15) is 0 Å². The van der Waals surface area contributed by atoms with Crippen molar-refractivity contribution in [1.29, 1.82) is 0 Å². The minimum Gasteiger partial charge on any atom is -0.494 e. The smallest absolute Gasteiger partial charge is 0.338 e. The molecule has 4 aromatic rings. The van der Waals surface area contributed by atoms with E-state index in [1.807, 2.05) is 54.6 Å². The molecule has 0 fully saturated rings. The highest BCUT2D eigenvalue weighted by atomic mass is 32.1. The Morgan fingerprint density at radius 3 is 1.15 bits per heavy atom. The van der Waals surface area contributed by atoms with E-state index in [9.17, 15) is 14.4 Å². The van der Waals surface area contributed by atoms with E-state index in [-0.39, 0.29) is 19.2 Å². The first-order chi connectivity index (χ1) is 28.8. The largest absolute Gasteiger partial charge is 0.494 e. The number of unbranched alkanes of at least 4 members (excludes halogenated alkanes) is 9. The topological polar surface area (TPSA) is 88.1 Å². The van der Waals surface area contributed by atoms with Crippen LogP contribution in [-0.2, 0) is 18.9 Å². The van der Waals surface area contributed by atoms with Crippen LogP contribution in [0.4, 0.5) is 0 Å². The molecule has 2 aromatic heterocycles. The molecule has 0 aliphatic carbocycles. The van der Waals surface area contributed by atoms with Crippen molar-refractivity contribution >= 4 is 46.3 Å². The summed E-state index contributed by atoms with van der Waals surface area (Å²) in [4.78, 5) is 43.6. The highest BCUT2D eigenvalue weighted by molar-refractivity contribution is 7.25. The van der Waals surface area contributed by atoms with Crippen molar-refractivity contribution in [1.82, 2.24) is 0 Å². The zero-order chi connectivity index (χ0) is 42.2. The van der Waals surface area contributed by atoms with E-state index in [2.05, 4.69) is 39.0 Å². The van der Waals surface area contributed by atoms with Crippen molar-refractivity contribution in [2.45, 2.75) is 83.5 Å². The standard InChI is InChI=1S/C50H58O7S2/c1-6-10-14-18-22-30-57-48(51)41-32-38(37(5)54-27-19-15-11-7-2)31-39(33-41)44-23-25-46(58-44)47-26-24-45(59-47)40-34-42(49(52)55-28-20-16-12-8-3)36-43(35-40)50(53)56-29-21-17-13-9-4/h6-9,23-26,31-36H,1-5,10-22,27-30H2.